The maximum Gasteiger partial charge on any atom is 0.330 e. The van der Waals surface area contributed by atoms with E-state index in [0.29, 0.717) is 26.4 Å². The third-order valence-corrected chi connectivity index (χ3v) is 6.36. The van der Waals surface area contributed by atoms with Gasteiger partial charge in [-0.3, -0.25) is 9.98 Å². The van der Waals surface area contributed by atoms with Crippen molar-refractivity contribution in [2.75, 3.05) is 26.4 Å². The number of hydrogen-bond donors (Lipinski definition) is 0. The zero-order valence-corrected chi connectivity index (χ0v) is 24.8. The smallest absolute Gasteiger partial charge is 0.330 e. The normalized spacial score (nSPS) is 14.6. The van der Waals surface area contributed by atoms with Crippen molar-refractivity contribution in [1.82, 2.24) is 0 Å². The molecule has 43 heavy (non-hydrogen) atoms. The monoisotopic (exact) mass is 584 g/mol. The minimum absolute atomic E-state index is 0.0653. The van der Waals surface area contributed by atoms with Gasteiger partial charge < -0.3 is 18.9 Å². The van der Waals surface area contributed by atoms with Crippen LogP contribution in [0.3, 0.4) is 0 Å². The molecule has 1 atom stereocenters. The first-order chi connectivity index (χ1) is 21.0. The Morgan fingerprint density at radius 3 is 1.74 bits per heavy atom. The molecule has 0 amide bonds. The molecule has 3 rings (SSSR count). The zero-order chi connectivity index (χ0) is 30.7. The molecule has 0 spiro atoms. The third-order valence-electron chi connectivity index (χ3n) is 6.36. The quantitative estimate of drug-likeness (QED) is 0.0848. The SMILES string of the molecule is C=CC(=O)OCCCCOc1ccc(C=NC2=CCC(N=Cc3ccc(OCCCCOC(=O)C=C)cc3)C=C2C)cc1. The van der Waals surface area contributed by atoms with E-state index in [1.165, 1.54) is 0 Å². The molecular weight excluding hydrogens is 544 g/mol. The van der Waals surface area contributed by atoms with Gasteiger partial charge in [0, 0.05) is 24.6 Å². The topological polar surface area (TPSA) is 95.8 Å². The van der Waals surface area contributed by atoms with Crippen molar-refractivity contribution in [2.24, 2.45) is 9.98 Å². The Hall–Kier alpha value is -4.72. The molecule has 0 saturated heterocycles. The van der Waals surface area contributed by atoms with Crippen LogP contribution in [-0.2, 0) is 19.1 Å². The average Bonchev–Trinajstić information content (AvgIpc) is 3.03. The Bertz CT molecular complexity index is 1320. The van der Waals surface area contributed by atoms with Gasteiger partial charge in [0.15, 0.2) is 0 Å². The minimum atomic E-state index is -0.401. The highest BCUT2D eigenvalue weighted by Gasteiger charge is 2.11. The number of allylic oxidation sites excluding steroid dienone is 1. The van der Waals surface area contributed by atoms with Crippen LogP contribution in [0.25, 0.3) is 0 Å². The molecule has 226 valence electrons. The van der Waals surface area contributed by atoms with E-state index in [1.54, 1.807) is 0 Å². The van der Waals surface area contributed by atoms with Crippen molar-refractivity contribution < 1.29 is 28.5 Å². The standard InChI is InChI=1S/C35H40N2O6/c1-4-34(38)42-22-8-6-20-40-31-15-10-28(11-16-31)25-36-30-14-19-33(27(3)24-30)37-26-29-12-17-32(18-13-29)41-21-7-9-23-43-35(39)5-2/h4-5,10-13,15-19,24-26,30H,1-2,6-9,14,20-23H2,3H3. The van der Waals surface area contributed by atoms with Crippen LogP contribution in [0.1, 0.15) is 50.2 Å². The number of ether oxygens (including phenoxy) is 4. The van der Waals surface area contributed by atoms with E-state index in [4.69, 9.17) is 23.9 Å². The predicted octanol–water partition coefficient (Wildman–Crippen LogP) is 6.60. The average molecular weight is 585 g/mol. The molecule has 1 aliphatic carbocycles. The van der Waals surface area contributed by atoms with E-state index in [2.05, 4.69) is 37.2 Å². The molecule has 0 fully saturated rings. The number of benzene rings is 2. The number of hydrogen-bond acceptors (Lipinski definition) is 8. The summed E-state index contributed by atoms with van der Waals surface area (Å²) in [6.07, 6.45) is 14.2. The second-order valence-electron chi connectivity index (χ2n) is 9.77. The largest absolute Gasteiger partial charge is 0.494 e. The lowest BCUT2D eigenvalue weighted by molar-refractivity contribution is -0.138. The second kappa shape index (κ2) is 18.7. The van der Waals surface area contributed by atoms with Gasteiger partial charge in [0.2, 0.25) is 0 Å². The molecule has 0 aliphatic heterocycles. The lowest BCUT2D eigenvalue weighted by Gasteiger charge is -2.14. The van der Waals surface area contributed by atoms with Crippen LogP contribution in [0.4, 0.5) is 0 Å². The molecule has 2 aromatic rings. The summed E-state index contributed by atoms with van der Waals surface area (Å²) in [5, 5.41) is 0. The zero-order valence-electron chi connectivity index (χ0n) is 24.8. The van der Waals surface area contributed by atoms with Crippen LogP contribution in [0.5, 0.6) is 11.5 Å². The third kappa shape index (κ3) is 12.8. The summed E-state index contributed by atoms with van der Waals surface area (Å²) < 4.78 is 21.4. The maximum absolute atomic E-state index is 11.0. The molecule has 0 heterocycles. The van der Waals surface area contributed by atoms with Crippen LogP contribution < -0.4 is 9.47 Å². The number of carbonyl (C=O) groups excluding carboxylic acids is 2. The first kappa shape index (κ1) is 32.8. The van der Waals surface area contributed by atoms with Crippen molar-refractivity contribution >= 4 is 24.4 Å². The van der Waals surface area contributed by atoms with E-state index >= 15 is 0 Å². The molecule has 8 nitrogen and oxygen atoms in total. The number of carbonyl (C=O) groups is 2. The highest BCUT2D eigenvalue weighted by Crippen LogP contribution is 2.22. The van der Waals surface area contributed by atoms with Gasteiger partial charge in [0.25, 0.3) is 0 Å². The van der Waals surface area contributed by atoms with Crippen molar-refractivity contribution in [1.29, 1.82) is 0 Å². The molecule has 1 unspecified atom stereocenters. The van der Waals surface area contributed by atoms with Gasteiger partial charge in [0.1, 0.15) is 11.5 Å². The summed E-state index contributed by atoms with van der Waals surface area (Å²) in [5.41, 5.74) is 4.03. The number of nitrogens with zero attached hydrogens (tertiary/aromatic N) is 2. The molecule has 0 aromatic heterocycles. The van der Waals surface area contributed by atoms with E-state index < -0.39 is 11.9 Å². The summed E-state index contributed by atoms with van der Waals surface area (Å²) in [7, 11) is 0. The minimum Gasteiger partial charge on any atom is -0.494 e. The van der Waals surface area contributed by atoms with Crippen molar-refractivity contribution in [2.45, 2.75) is 45.1 Å². The van der Waals surface area contributed by atoms with Crippen molar-refractivity contribution in [3.05, 3.63) is 108 Å². The maximum atomic E-state index is 11.0. The fraction of sp³-hybridized carbons (Fsp3) is 0.314. The van der Waals surface area contributed by atoms with Gasteiger partial charge >= 0.3 is 11.9 Å². The summed E-state index contributed by atoms with van der Waals surface area (Å²) >= 11 is 0. The lowest BCUT2D eigenvalue weighted by atomic mass is 10.0. The van der Waals surface area contributed by atoms with Crippen LogP contribution in [0.15, 0.2) is 107 Å². The van der Waals surface area contributed by atoms with Crippen LogP contribution in [-0.4, -0.2) is 56.8 Å². The van der Waals surface area contributed by atoms with Gasteiger partial charge in [-0.25, -0.2) is 9.59 Å². The van der Waals surface area contributed by atoms with Crippen molar-refractivity contribution in [3.8, 4) is 11.5 Å². The summed E-state index contributed by atoms with van der Waals surface area (Å²) in [4.78, 5) is 31.5. The van der Waals surface area contributed by atoms with Gasteiger partial charge in [-0.15, -0.1) is 0 Å². The first-order valence-electron chi connectivity index (χ1n) is 14.5. The number of unbranched alkanes of at least 4 members (excludes halogenated alkanes) is 2. The van der Waals surface area contributed by atoms with Gasteiger partial charge in [0.05, 0.1) is 38.2 Å². The van der Waals surface area contributed by atoms with Gasteiger partial charge in [-0.1, -0.05) is 25.3 Å². The molecule has 1 aliphatic rings. The van der Waals surface area contributed by atoms with Crippen molar-refractivity contribution in [3.63, 3.8) is 0 Å². The summed E-state index contributed by atoms with van der Waals surface area (Å²) in [6, 6.07) is 15.7. The fourth-order valence-corrected chi connectivity index (χ4v) is 3.97. The molecule has 0 bridgehead atoms. The summed E-state index contributed by atoms with van der Waals surface area (Å²) in [6.45, 7) is 10.6. The fourth-order valence-electron chi connectivity index (χ4n) is 3.97. The highest BCUT2D eigenvalue weighted by atomic mass is 16.5. The molecule has 8 heteroatoms. The van der Waals surface area contributed by atoms with Gasteiger partial charge in [-0.05, 0) is 104 Å². The molecule has 0 radical (unpaired) electrons. The number of aliphatic imine (C=N–C) groups is 2. The Labute approximate surface area is 254 Å². The van der Waals surface area contributed by atoms with Crippen LogP contribution in [0, 0.1) is 0 Å². The Morgan fingerprint density at radius 2 is 1.26 bits per heavy atom. The van der Waals surface area contributed by atoms with E-state index in [1.807, 2.05) is 61.0 Å². The first-order valence-corrected chi connectivity index (χ1v) is 14.5. The Morgan fingerprint density at radius 1 is 0.767 bits per heavy atom. The predicted molar refractivity (Wildman–Crippen MR) is 170 cm³/mol. The van der Waals surface area contributed by atoms with Crippen LogP contribution >= 0.6 is 0 Å². The molecule has 2 aromatic carbocycles. The Balaban J connectivity index is 1.36. The second-order valence-corrected chi connectivity index (χ2v) is 9.77. The lowest BCUT2D eigenvalue weighted by Crippen LogP contribution is -2.06. The number of rotatable bonds is 18. The molecular formula is C35H40N2O6. The van der Waals surface area contributed by atoms with E-state index in [0.717, 1.165) is 78.2 Å². The Kier molecular flexibility index (Phi) is 14.2. The number of esters is 2. The van der Waals surface area contributed by atoms with Gasteiger partial charge in [-0.2, -0.15) is 0 Å². The van der Waals surface area contributed by atoms with Crippen LogP contribution in [0.2, 0.25) is 0 Å². The summed E-state index contributed by atoms with van der Waals surface area (Å²) in [5.74, 6) is 0.782. The van der Waals surface area contributed by atoms with E-state index in [9.17, 15) is 9.59 Å². The molecule has 0 saturated carbocycles. The van der Waals surface area contributed by atoms with E-state index in [-0.39, 0.29) is 6.04 Å². The molecule has 0 N–H and O–H groups in total. The highest BCUT2D eigenvalue weighted by molar-refractivity contribution is 5.82.